The third-order valence-electron chi connectivity index (χ3n) is 7.86. The van der Waals surface area contributed by atoms with Crippen LogP contribution in [0, 0.1) is 39.2 Å². The molecular weight excluding hydrogens is 318 g/mol. The molecule has 0 spiro atoms. The lowest BCUT2D eigenvalue weighted by atomic mass is 9.47. The van der Waals surface area contributed by atoms with E-state index in [1.165, 1.54) is 17.3 Å². The molecule has 3 nitrogen and oxygen atoms in total. The Hall–Kier alpha value is -1.08. The van der Waals surface area contributed by atoms with Gasteiger partial charge in [-0.1, -0.05) is 13.8 Å². The van der Waals surface area contributed by atoms with Crippen LogP contribution in [0.4, 0.5) is 0 Å². The number of thiocyanates is 1. The molecule has 0 amide bonds. The monoisotopic (exact) mass is 343 g/mol. The van der Waals surface area contributed by atoms with Gasteiger partial charge < -0.3 is 0 Å². The van der Waals surface area contributed by atoms with Crippen LogP contribution in [0.3, 0.4) is 0 Å². The molecule has 3 saturated carbocycles. The van der Waals surface area contributed by atoms with Crippen LogP contribution in [-0.2, 0) is 9.59 Å². The van der Waals surface area contributed by atoms with Crippen LogP contribution in [0.15, 0.2) is 11.6 Å². The van der Waals surface area contributed by atoms with Gasteiger partial charge in [0.15, 0.2) is 5.78 Å². The van der Waals surface area contributed by atoms with Crippen molar-refractivity contribution in [3.8, 4) is 5.40 Å². The molecule has 4 aliphatic rings. The minimum atomic E-state index is -0.134. The number of hydrogen-bond donors (Lipinski definition) is 0. The van der Waals surface area contributed by atoms with Gasteiger partial charge in [-0.2, -0.15) is 5.26 Å². The second-order valence-electron chi connectivity index (χ2n) is 8.71. The van der Waals surface area contributed by atoms with Gasteiger partial charge in [0.1, 0.15) is 11.2 Å². The Balaban J connectivity index is 1.76. The molecule has 0 heterocycles. The van der Waals surface area contributed by atoms with Gasteiger partial charge in [-0.25, -0.2) is 0 Å². The van der Waals surface area contributed by atoms with Crippen molar-refractivity contribution in [2.75, 3.05) is 0 Å². The number of carbonyl (C=O) groups excluding carboxylic acids is 2. The van der Waals surface area contributed by atoms with Gasteiger partial charge in [-0.3, -0.25) is 9.59 Å². The quantitative estimate of drug-likeness (QED) is 0.667. The molecule has 0 N–H and O–H groups in total. The van der Waals surface area contributed by atoms with Gasteiger partial charge in [0.05, 0.1) is 0 Å². The molecule has 24 heavy (non-hydrogen) atoms. The van der Waals surface area contributed by atoms with Crippen molar-refractivity contribution in [2.24, 2.45) is 28.6 Å². The maximum Gasteiger partial charge on any atom is 0.155 e. The molecule has 0 radical (unpaired) electrons. The number of Topliss-reactive ketones (excluding diaryl/α,β-unsaturated/α-hetero) is 1. The lowest BCUT2D eigenvalue weighted by Crippen LogP contribution is -2.53. The van der Waals surface area contributed by atoms with E-state index in [-0.39, 0.29) is 21.9 Å². The van der Waals surface area contributed by atoms with Crippen molar-refractivity contribution in [3.63, 3.8) is 0 Å². The van der Waals surface area contributed by atoms with Crippen LogP contribution >= 0.6 is 11.8 Å². The van der Waals surface area contributed by atoms with E-state index in [0.29, 0.717) is 30.0 Å². The molecule has 0 aromatic heterocycles. The van der Waals surface area contributed by atoms with Crippen LogP contribution in [-0.4, -0.2) is 16.8 Å². The van der Waals surface area contributed by atoms with E-state index in [1.54, 1.807) is 0 Å². The fourth-order valence-electron chi connectivity index (χ4n) is 6.53. The maximum absolute atomic E-state index is 12.5. The van der Waals surface area contributed by atoms with Gasteiger partial charge in [0.25, 0.3) is 0 Å². The Morgan fingerprint density at radius 2 is 1.88 bits per heavy atom. The summed E-state index contributed by atoms with van der Waals surface area (Å²) in [6.45, 7) is 4.51. The minimum absolute atomic E-state index is 0.0400. The molecule has 4 heteroatoms. The van der Waals surface area contributed by atoms with Crippen molar-refractivity contribution < 1.29 is 9.59 Å². The fraction of sp³-hybridized carbons (Fsp3) is 0.750. The summed E-state index contributed by atoms with van der Waals surface area (Å²) < 4.78 is 0. The summed E-state index contributed by atoms with van der Waals surface area (Å²) in [7, 11) is 0. The number of rotatable bonds is 1. The normalized spacial score (nSPS) is 47.3. The molecule has 4 aliphatic carbocycles. The second-order valence-corrected chi connectivity index (χ2v) is 9.70. The molecule has 6 atom stereocenters. The highest BCUT2D eigenvalue weighted by molar-refractivity contribution is 8.04. The lowest BCUT2D eigenvalue weighted by molar-refractivity contribution is -0.132. The summed E-state index contributed by atoms with van der Waals surface area (Å²) in [5.41, 5.74) is 1.13. The van der Waals surface area contributed by atoms with E-state index in [1.807, 2.05) is 6.08 Å². The highest BCUT2D eigenvalue weighted by Gasteiger charge is 2.60. The molecule has 3 fully saturated rings. The van der Waals surface area contributed by atoms with E-state index in [0.717, 1.165) is 38.5 Å². The Bertz CT molecular complexity index is 678. The van der Waals surface area contributed by atoms with Crippen molar-refractivity contribution in [3.05, 3.63) is 11.6 Å². The van der Waals surface area contributed by atoms with Crippen molar-refractivity contribution in [1.82, 2.24) is 0 Å². The van der Waals surface area contributed by atoms with Crippen LogP contribution in [0.5, 0.6) is 0 Å². The van der Waals surface area contributed by atoms with Gasteiger partial charge in [-0.05, 0) is 78.7 Å². The van der Waals surface area contributed by atoms with Crippen molar-refractivity contribution in [1.29, 1.82) is 5.26 Å². The average molecular weight is 343 g/mol. The number of ketones is 2. The zero-order chi connectivity index (χ0) is 17.1. The molecule has 0 aromatic rings. The van der Waals surface area contributed by atoms with Crippen molar-refractivity contribution in [2.45, 2.75) is 64.0 Å². The number of nitrogens with zero attached hydrogens (tertiary/aromatic N) is 1. The topological polar surface area (TPSA) is 57.9 Å². The van der Waals surface area contributed by atoms with Crippen LogP contribution in [0.1, 0.15) is 58.8 Å². The standard InChI is InChI=1S/C20H25NO2S/c1-19-7-5-12(22)9-16(19)17(24-11-21)10-13-14-3-4-18(23)20(14,2)8-6-15(13)19/h9,13-15,17H,3-8,10H2,1-2H3/t13-,14-,15-,17-,19+,20-/m0/s1. The zero-order valence-electron chi connectivity index (χ0n) is 14.5. The van der Waals surface area contributed by atoms with E-state index in [2.05, 4.69) is 19.2 Å². The van der Waals surface area contributed by atoms with E-state index in [4.69, 9.17) is 0 Å². The second kappa shape index (κ2) is 5.46. The first kappa shape index (κ1) is 16.4. The highest BCUT2D eigenvalue weighted by Crippen LogP contribution is 2.65. The first-order valence-electron chi connectivity index (χ1n) is 9.23. The number of thioether (sulfide) groups is 1. The summed E-state index contributed by atoms with van der Waals surface area (Å²) >= 11 is 1.33. The molecule has 0 aliphatic heterocycles. The third-order valence-corrected chi connectivity index (χ3v) is 8.70. The predicted octanol–water partition coefficient (Wildman–Crippen LogP) is 4.28. The van der Waals surface area contributed by atoms with E-state index < -0.39 is 0 Å². The van der Waals surface area contributed by atoms with E-state index in [9.17, 15) is 14.9 Å². The summed E-state index contributed by atoms with van der Waals surface area (Å²) in [5.74, 6) is 2.25. The van der Waals surface area contributed by atoms with Crippen molar-refractivity contribution >= 4 is 23.3 Å². The highest BCUT2D eigenvalue weighted by atomic mass is 32.2. The molecule has 4 rings (SSSR count). The summed E-state index contributed by atoms with van der Waals surface area (Å²) in [6, 6.07) is 0. The Kier molecular flexibility index (Phi) is 3.73. The number of hydrogen-bond acceptors (Lipinski definition) is 4. The Morgan fingerprint density at radius 1 is 1.12 bits per heavy atom. The molecule has 0 saturated heterocycles. The number of nitriles is 1. The smallest absolute Gasteiger partial charge is 0.155 e. The molecule has 0 bridgehead atoms. The van der Waals surface area contributed by atoms with Gasteiger partial charge in [-0.15, -0.1) is 0 Å². The van der Waals surface area contributed by atoms with E-state index >= 15 is 0 Å². The predicted molar refractivity (Wildman–Crippen MR) is 94.1 cm³/mol. The Labute approximate surface area is 148 Å². The third kappa shape index (κ3) is 2.10. The van der Waals surface area contributed by atoms with Crippen LogP contribution in [0.2, 0.25) is 0 Å². The summed E-state index contributed by atoms with van der Waals surface area (Å²) in [4.78, 5) is 24.5. The molecule has 0 unspecified atom stereocenters. The first-order valence-corrected chi connectivity index (χ1v) is 10.1. The SMILES string of the molecule is C[C@]12CCC(=O)C=C1[C@@H](SC#N)C[C@@H]1[C@@H]2CC[C@]2(C)C(=O)CC[C@@H]12. The Morgan fingerprint density at radius 3 is 2.62 bits per heavy atom. The number of fused-ring (bicyclic) bond motifs is 5. The average Bonchev–Trinajstić information content (AvgIpc) is 2.85. The zero-order valence-corrected chi connectivity index (χ0v) is 15.3. The molecule has 128 valence electrons. The van der Waals surface area contributed by atoms with Gasteiger partial charge in [0, 0.05) is 23.5 Å². The summed E-state index contributed by atoms with van der Waals surface area (Å²) in [6.07, 6.45) is 8.23. The summed E-state index contributed by atoms with van der Waals surface area (Å²) in [5, 5.41) is 11.7. The number of carbonyl (C=O) groups is 2. The first-order chi connectivity index (χ1) is 11.4. The van der Waals surface area contributed by atoms with Gasteiger partial charge in [0.2, 0.25) is 0 Å². The largest absolute Gasteiger partial charge is 0.299 e. The fourth-order valence-corrected chi connectivity index (χ4v) is 7.44. The molecular formula is C20H25NO2S. The van der Waals surface area contributed by atoms with Crippen LogP contribution in [0.25, 0.3) is 0 Å². The maximum atomic E-state index is 12.5. The van der Waals surface area contributed by atoms with Crippen LogP contribution < -0.4 is 0 Å². The van der Waals surface area contributed by atoms with Gasteiger partial charge >= 0.3 is 0 Å². The minimum Gasteiger partial charge on any atom is -0.299 e. The molecule has 0 aromatic carbocycles. The lowest BCUT2D eigenvalue weighted by Gasteiger charge is -2.58.